The van der Waals surface area contributed by atoms with E-state index in [4.69, 9.17) is 9.47 Å². The highest BCUT2D eigenvalue weighted by molar-refractivity contribution is 5.26. The van der Waals surface area contributed by atoms with Crippen molar-refractivity contribution in [2.75, 3.05) is 7.11 Å². The van der Waals surface area contributed by atoms with Crippen molar-refractivity contribution < 1.29 is 9.47 Å². The summed E-state index contributed by atoms with van der Waals surface area (Å²) in [6.07, 6.45) is 3.16. The highest BCUT2D eigenvalue weighted by atomic mass is 16.5. The van der Waals surface area contributed by atoms with Gasteiger partial charge in [0.15, 0.2) is 0 Å². The molecule has 0 unspecified atom stereocenters. The van der Waals surface area contributed by atoms with Crippen molar-refractivity contribution in [3.8, 4) is 5.75 Å². The van der Waals surface area contributed by atoms with Gasteiger partial charge < -0.3 is 9.47 Å². The van der Waals surface area contributed by atoms with Gasteiger partial charge in [-0.1, -0.05) is 12.1 Å². The van der Waals surface area contributed by atoms with Gasteiger partial charge in [0.25, 0.3) is 0 Å². The van der Waals surface area contributed by atoms with Crippen LogP contribution in [0.3, 0.4) is 0 Å². The molecule has 0 atom stereocenters. The van der Waals surface area contributed by atoms with Gasteiger partial charge in [-0.3, -0.25) is 0 Å². The molecular weight excluding hydrogens is 272 g/mol. The maximum atomic E-state index is 12.0. The molecule has 7 heteroatoms. The van der Waals surface area contributed by atoms with E-state index < -0.39 is 0 Å². The minimum atomic E-state index is -0.200. The van der Waals surface area contributed by atoms with Crippen LogP contribution < -0.4 is 10.4 Å². The lowest BCUT2D eigenvalue weighted by atomic mass is 9.93. The molecule has 1 heterocycles. The number of ether oxygens (including phenoxy) is 2. The van der Waals surface area contributed by atoms with Gasteiger partial charge in [0, 0.05) is 0 Å². The summed E-state index contributed by atoms with van der Waals surface area (Å²) < 4.78 is 13.3. The van der Waals surface area contributed by atoms with Crippen molar-refractivity contribution in [3.63, 3.8) is 0 Å². The zero-order valence-corrected chi connectivity index (χ0v) is 11.9. The first-order valence-electron chi connectivity index (χ1n) is 7.01. The van der Waals surface area contributed by atoms with Crippen LogP contribution in [-0.4, -0.2) is 26.9 Å². The summed E-state index contributed by atoms with van der Waals surface area (Å²) in [5.41, 5.74) is 0.810. The molecule has 21 heavy (non-hydrogen) atoms. The topological polar surface area (TPSA) is 71.2 Å². The Morgan fingerprint density at radius 3 is 2.62 bits per heavy atom. The number of aromatic nitrogens is 4. The van der Waals surface area contributed by atoms with E-state index in [1.807, 2.05) is 24.3 Å². The Hall–Kier alpha value is -2.15. The molecule has 1 aliphatic rings. The second-order valence-corrected chi connectivity index (χ2v) is 5.12. The van der Waals surface area contributed by atoms with Crippen LogP contribution in [0.25, 0.3) is 0 Å². The number of hydrogen-bond acceptors (Lipinski definition) is 5. The van der Waals surface area contributed by atoms with E-state index in [2.05, 4.69) is 10.4 Å². The molecule has 1 fully saturated rings. The molecular formula is C14H18N4O3. The third-order valence-corrected chi connectivity index (χ3v) is 3.72. The number of benzene rings is 1. The Morgan fingerprint density at radius 1 is 1.24 bits per heavy atom. The number of tetrazole rings is 1. The van der Waals surface area contributed by atoms with E-state index in [0.717, 1.165) is 30.6 Å². The monoisotopic (exact) mass is 290 g/mol. The van der Waals surface area contributed by atoms with E-state index in [1.54, 1.807) is 7.11 Å². The highest BCUT2D eigenvalue weighted by Crippen LogP contribution is 2.28. The normalized spacial score (nSPS) is 14.9. The van der Waals surface area contributed by atoms with E-state index in [-0.39, 0.29) is 18.5 Å². The zero-order valence-electron chi connectivity index (χ0n) is 11.9. The maximum Gasteiger partial charge on any atom is 0.366 e. The van der Waals surface area contributed by atoms with Crippen LogP contribution >= 0.6 is 0 Å². The van der Waals surface area contributed by atoms with Crippen LogP contribution in [0.5, 0.6) is 5.75 Å². The molecule has 0 aliphatic heterocycles. The second-order valence-electron chi connectivity index (χ2n) is 5.12. The average Bonchev–Trinajstić information content (AvgIpc) is 2.80. The second kappa shape index (κ2) is 6.09. The molecule has 0 radical (unpaired) electrons. The zero-order chi connectivity index (χ0) is 14.7. The van der Waals surface area contributed by atoms with Gasteiger partial charge in [0.2, 0.25) is 0 Å². The van der Waals surface area contributed by atoms with Crippen molar-refractivity contribution >= 4 is 0 Å². The predicted octanol–water partition coefficient (Wildman–Crippen LogP) is 1.35. The van der Waals surface area contributed by atoms with Gasteiger partial charge >= 0.3 is 5.69 Å². The van der Waals surface area contributed by atoms with Crippen molar-refractivity contribution in [1.82, 2.24) is 19.8 Å². The third-order valence-electron chi connectivity index (χ3n) is 3.72. The van der Waals surface area contributed by atoms with Crippen LogP contribution in [0, 0.1) is 0 Å². The van der Waals surface area contributed by atoms with Gasteiger partial charge in [-0.15, -0.1) is 0 Å². The van der Waals surface area contributed by atoms with E-state index in [9.17, 15) is 4.79 Å². The van der Waals surface area contributed by atoms with E-state index in [1.165, 1.54) is 9.36 Å². The number of rotatable bonds is 6. The first kappa shape index (κ1) is 13.8. The first-order chi connectivity index (χ1) is 10.3. The van der Waals surface area contributed by atoms with Crippen LogP contribution in [-0.2, 0) is 18.1 Å². The van der Waals surface area contributed by atoms with Crippen molar-refractivity contribution in [2.24, 2.45) is 0 Å². The van der Waals surface area contributed by atoms with Gasteiger partial charge in [-0.05, 0) is 47.4 Å². The Morgan fingerprint density at radius 2 is 2.00 bits per heavy atom. The van der Waals surface area contributed by atoms with Gasteiger partial charge in [0.05, 0.1) is 19.8 Å². The quantitative estimate of drug-likeness (QED) is 0.803. The summed E-state index contributed by atoms with van der Waals surface area (Å²) in [7, 11) is 1.63. The fourth-order valence-electron chi connectivity index (χ4n) is 2.20. The molecule has 0 amide bonds. The van der Waals surface area contributed by atoms with Gasteiger partial charge in [0.1, 0.15) is 12.5 Å². The molecule has 7 nitrogen and oxygen atoms in total. The van der Waals surface area contributed by atoms with Crippen molar-refractivity contribution in [3.05, 3.63) is 40.3 Å². The SMILES string of the molecule is COc1ccc(COCn2nnn(C3CCC3)c2=O)cc1. The standard InChI is InChI=1S/C14H18N4O3/c1-20-13-7-5-11(6-8-13)9-21-10-17-14(19)18(16-15-17)12-3-2-4-12/h5-8,12H,2-4,9-10H2,1H3. The molecule has 1 aromatic carbocycles. The summed E-state index contributed by atoms with van der Waals surface area (Å²) in [6.45, 7) is 0.518. The number of nitrogens with zero attached hydrogens (tertiary/aromatic N) is 4. The fraction of sp³-hybridized carbons (Fsp3) is 0.500. The Labute approximate surface area is 122 Å². The minimum absolute atomic E-state index is 0.109. The lowest BCUT2D eigenvalue weighted by Gasteiger charge is -2.23. The van der Waals surface area contributed by atoms with Gasteiger partial charge in [-0.2, -0.15) is 9.36 Å². The van der Waals surface area contributed by atoms with Crippen LogP contribution in [0.1, 0.15) is 30.9 Å². The number of methoxy groups -OCH3 is 1. The first-order valence-corrected chi connectivity index (χ1v) is 7.01. The van der Waals surface area contributed by atoms with Crippen molar-refractivity contribution in [1.29, 1.82) is 0 Å². The third kappa shape index (κ3) is 2.97. The summed E-state index contributed by atoms with van der Waals surface area (Å²) in [6, 6.07) is 7.81. The summed E-state index contributed by atoms with van der Waals surface area (Å²) in [5.74, 6) is 0.804. The van der Waals surface area contributed by atoms with Gasteiger partial charge in [-0.25, -0.2) is 4.79 Å². The molecule has 0 N–H and O–H groups in total. The Kier molecular flexibility index (Phi) is 4.01. The minimum Gasteiger partial charge on any atom is -0.497 e. The van der Waals surface area contributed by atoms with Crippen LogP contribution in [0.2, 0.25) is 0 Å². The molecule has 3 rings (SSSR count). The lowest BCUT2D eigenvalue weighted by Crippen LogP contribution is -2.31. The molecule has 112 valence electrons. The molecule has 1 saturated carbocycles. The summed E-state index contributed by atoms with van der Waals surface area (Å²) >= 11 is 0. The van der Waals surface area contributed by atoms with E-state index in [0.29, 0.717) is 6.61 Å². The Balaban J connectivity index is 1.55. The molecule has 0 saturated heterocycles. The van der Waals surface area contributed by atoms with E-state index >= 15 is 0 Å². The molecule has 0 bridgehead atoms. The smallest absolute Gasteiger partial charge is 0.366 e. The Bertz CT molecular complexity index is 643. The maximum absolute atomic E-state index is 12.0. The molecule has 1 aromatic heterocycles. The summed E-state index contributed by atoms with van der Waals surface area (Å²) in [4.78, 5) is 12.0. The van der Waals surface area contributed by atoms with Crippen molar-refractivity contribution in [2.45, 2.75) is 38.6 Å². The number of hydrogen-bond donors (Lipinski definition) is 0. The highest BCUT2D eigenvalue weighted by Gasteiger charge is 2.23. The molecule has 2 aromatic rings. The fourth-order valence-corrected chi connectivity index (χ4v) is 2.20. The average molecular weight is 290 g/mol. The van der Waals surface area contributed by atoms with Crippen LogP contribution in [0.15, 0.2) is 29.1 Å². The predicted molar refractivity (Wildman–Crippen MR) is 75.0 cm³/mol. The summed E-state index contributed by atoms with van der Waals surface area (Å²) in [5, 5.41) is 7.76. The molecule has 1 aliphatic carbocycles. The van der Waals surface area contributed by atoms with Crippen LogP contribution in [0.4, 0.5) is 0 Å². The largest absolute Gasteiger partial charge is 0.497 e. The lowest BCUT2D eigenvalue weighted by molar-refractivity contribution is 0.0524. The molecule has 0 spiro atoms.